The third-order valence-corrected chi connectivity index (χ3v) is 7.45. The Labute approximate surface area is 245 Å². The summed E-state index contributed by atoms with van der Waals surface area (Å²) in [6.07, 6.45) is 3.02. The maximum atomic E-state index is 12.8. The van der Waals surface area contributed by atoms with Gasteiger partial charge < -0.3 is 25.0 Å². The zero-order chi connectivity index (χ0) is 28.7. The topological polar surface area (TPSA) is 93.5 Å². The Bertz CT molecular complexity index is 1630. The van der Waals surface area contributed by atoms with Gasteiger partial charge in [-0.3, -0.25) is 9.36 Å². The number of ether oxygens (including phenoxy) is 2. The van der Waals surface area contributed by atoms with Gasteiger partial charge in [-0.05, 0) is 72.1 Å². The Kier molecular flexibility index (Phi) is 8.28. The summed E-state index contributed by atoms with van der Waals surface area (Å²) in [7, 11) is 1.65. The minimum atomic E-state index is -0.0170. The normalized spacial score (nSPS) is 13.2. The van der Waals surface area contributed by atoms with Crippen molar-refractivity contribution in [1.82, 2.24) is 20.1 Å². The molecule has 9 nitrogen and oxygen atoms in total. The number of morpholine rings is 1. The minimum Gasteiger partial charge on any atom is -0.497 e. The number of carbonyl (C=O) groups excluding carboxylic acids is 1. The summed E-state index contributed by atoms with van der Waals surface area (Å²) in [5.41, 5.74) is 5.20. The predicted molar refractivity (Wildman–Crippen MR) is 165 cm³/mol. The molecule has 0 aliphatic carbocycles. The molecule has 3 heterocycles. The molecule has 214 valence electrons. The molecule has 5 aromatic rings. The van der Waals surface area contributed by atoms with Gasteiger partial charge >= 0.3 is 0 Å². The van der Waals surface area contributed by atoms with E-state index >= 15 is 0 Å². The number of fused-ring (bicyclic) bond motifs is 1. The lowest BCUT2D eigenvalue weighted by molar-refractivity contribution is -0.120. The lowest BCUT2D eigenvalue weighted by Crippen LogP contribution is -2.36. The maximum Gasteiger partial charge on any atom is 0.224 e. The van der Waals surface area contributed by atoms with Gasteiger partial charge in [-0.1, -0.05) is 30.3 Å². The SMILES string of the molecule is COc1ccc(CCNC(=O)Cc2cn(-c3ccc(Nc4ccc(N5CCOCC5)cc4)nn3)c3ccccc23)cc1. The van der Waals surface area contributed by atoms with E-state index in [2.05, 4.69) is 37.9 Å². The van der Waals surface area contributed by atoms with E-state index in [-0.39, 0.29) is 12.3 Å². The number of nitrogens with zero attached hydrogens (tertiary/aromatic N) is 4. The molecular formula is C33H34N6O3. The van der Waals surface area contributed by atoms with Gasteiger partial charge in [0.25, 0.3) is 0 Å². The van der Waals surface area contributed by atoms with Crippen LogP contribution < -0.4 is 20.3 Å². The maximum absolute atomic E-state index is 12.8. The van der Waals surface area contributed by atoms with Crippen LogP contribution in [0.5, 0.6) is 5.75 Å². The molecule has 0 saturated carbocycles. The number of aromatic nitrogens is 3. The highest BCUT2D eigenvalue weighted by Gasteiger charge is 2.14. The summed E-state index contributed by atoms with van der Waals surface area (Å²) in [4.78, 5) is 15.2. The van der Waals surface area contributed by atoms with Crippen molar-refractivity contribution < 1.29 is 14.3 Å². The van der Waals surface area contributed by atoms with Crippen molar-refractivity contribution in [2.45, 2.75) is 12.8 Å². The van der Waals surface area contributed by atoms with E-state index in [0.29, 0.717) is 18.2 Å². The molecule has 2 N–H and O–H groups in total. The van der Waals surface area contributed by atoms with E-state index in [9.17, 15) is 4.79 Å². The average molecular weight is 563 g/mol. The van der Waals surface area contributed by atoms with Crippen LogP contribution in [0.3, 0.4) is 0 Å². The molecule has 0 spiro atoms. The largest absolute Gasteiger partial charge is 0.497 e. The van der Waals surface area contributed by atoms with Gasteiger partial charge in [-0.25, -0.2) is 0 Å². The second-order valence-electron chi connectivity index (χ2n) is 10.2. The molecule has 1 saturated heterocycles. The Morgan fingerprint density at radius 2 is 1.71 bits per heavy atom. The van der Waals surface area contributed by atoms with Gasteiger partial charge in [0.05, 0.1) is 32.3 Å². The fourth-order valence-electron chi connectivity index (χ4n) is 5.20. The molecule has 9 heteroatoms. The van der Waals surface area contributed by atoms with E-state index < -0.39 is 0 Å². The van der Waals surface area contributed by atoms with E-state index in [0.717, 1.165) is 66.2 Å². The van der Waals surface area contributed by atoms with Crippen molar-refractivity contribution in [3.63, 3.8) is 0 Å². The lowest BCUT2D eigenvalue weighted by atomic mass is 10.1. The molecule has 0 bridgehead atoms. The van der Waals surface area contributed by atoms with Crippen molar-refractivity contribution in [2.24, 2.45) is 0 Å². The van der Waals surface area contributed by atoms with Crippen LogP contribution in [0.25, 0.3) is 16.7 Å². The van der Waals surface area contributed by atoms with Crippen molar-refractivity contribution in [3.8, 4) is 11.6 Å². The fraction of sp³-hybridized carbons (Fsp3) is 0.242. The average Bonchev–Trinajstić information content (AvgIpc) is 3.40. The standard InChI is InChI=1S/C33H34N6O3/c1-41-28-12-6-24(7-13-28)16-17-34-33(40)22-25-23-39(30-5-3-2-4-29(25)30)32-15-14-31(36-37-32)35-26-8-10-27(11-9-26)38-18-20-42-21-19-38/h2-15,23H,16-22H2,1H3,(H,34,40)(H,35,36). The van der Waals surface area contributed by atoms with E-state index in [1.165, 1.54) is 5.69 Å². The van der Waals surface area contributed by atoms with Gasteiger partial charge in [0.15, 0.2) is 11.6 Å². The van der Waals surface area contributed by atoms with Crippen LogP contribution in [0.1, 0.15) is 11.1 Å². The lowest BCUT2D eigenvalue weighted by Gasteiger charge is -2.28. The van der Waals surface area contributed by atoms with Crippen molar-refractivity contribution in [2.75, 3.05) is 50.2 Å². The van der Waals surface area contributed by atoms with E-state index in [4.69, 9.17) is 9.47 Å². The number of carbonyl (C=O) groups is 1. The molecule has 1 fully saturated rings. The van der Waals surface area contributed by atoms with Gasteiger partial charge in [0.2, 0.25) is 5.91 Å². The number of hydrogen-bond donors (Lipinski definition) is 2. The highest BCUT2D eigenvalue weighted by Crippen LogP contribution is 2.26. The number of hydrogen-bond acceptors (Lipinski definition) is 7. The zero-order valence-electron chi connectivity index (χ0n) is 23.6. The molecule has 0 radical (unpaired) electrons. The van der Waals surface area contributed by atoms with Crippen LogP contribution in [-0.4, -0.2) is 60.6 Å². The van der Waals surface area contributed by atoms with E-state index in [1.54, 1.807) is 7.11 Å². The molecule has 42 heavy (non-hydrogen) atoms. The van der Waals surface area contributed by atoms with Crippen LogP contribution in [-0.2, 0) is 22.4 Å². The van der Waals surface area contributed by atoms with E-state index in [1.807, 2.05) is 83.6 Å². The first-order valence-corrected chi connectivity index (χ1v) is 14.2. The summed E-state index contributed by atoms with van der Waals surface area (Å²) >= 11 is 0. The first kappa shape index (κ1) is 27.3. The van der Waals surface area contributed by atoms with Crippen molar-refractivity contribution in [1.29, 1.82) is 0 Å². The number of amides is 1. The molecule has 0 atom stereocenters. The Morgan fingerprint density at radius 1 is 0.929 bits per heavy atom. The minimum absolute atomic E-state index is 0.0170. The Balaban J connectivity index is 1.10. The predicted octanol–water partition coefficient (Wildman–Crippen LogP) is 4.91. The summed E-state index contributed by atoms with van der Waals surface area (Å²) in [6, 6.07) is 28.1. The molecule has 6 rings (SSSR count). The first-order chi connectivity index (χ1) is 20.7. The van der Waals surface area contributed by atoms with Crippen LogP contribution in [0.4, 0.5) is 17.2 Å². The summed E-state index contributed by atoms with van der Waals surface area (Å²) < 4.78 is 12.6. The van der Waals surface area contributed by atoms with Crippen LogP contribution >= 0.6 is 0 Å². The molecule has 0 unspecified atom stereocenters. The van der Waals surface area contributed by atoms with Gasteiger partial charge in [-0.2, -0.15) is 0 Å². The van der Waals surface area contributed by atoms with Gasteiger partial charge in [-0.15, -0.1) is 10.2 Å². The van der Waals surface area contributed by atoms with Crippen molar-refractivity contribution in [3.05, 3.63) is 102 Å². The third kappa shape index (κ3) is 6.37. The Hall–Kier alpha value is -4.89. The Morgan fingerprint density at radius 3 is 2.45 bits per heavy atom. The second kappa shape index (κ2) is 12.7. The highest BCUT2D eigenvalue weighted by atomic mass is 16.5. The van der Waals surface area contributed by atoms with Crippen LogP contribution in [0.15, 0.2) is 91.1 Å². The van der Waals surface area contributed by atoms with Crippen LogP contribution in [0, 0.1) is 0 Å². The summed E-state index contributed by atoms with van der Waals surface area (Å²) in [5, 5.41) is 16.3. The molecule has 1 amide bonds. The molecule has 1 aliphatic rings. The number of nitrogens with one attached hydrogen (secondary N) is 2. The number of methoxy groups -OCH3 is 1. The van der Waals surface area contributed by atoms with Gasteiger partial charge in [0.1, 0.15) is 5.75 Å². The molecule has 3 aromatic carbocycles. The summed E-state index contributed by atoms with van der Waals surface area (Å²) in [6.45, 7) is 3.91. The summed E-state index contributed by atoms with van der Waals surface area (Å²) in [5.74, 6) is 2.15. The number of benzene rings is 3. The second-order valence-corrected chi connectivity index (χ2v) is 10.2. The first-order valence-electron chi connectivity index (χ1n) is 14.2. The van der Waals surface area contributed by atoms with Crippen molar-refractivity contribution >= 4 is 34.0 Å². The quantitative estimate of drug-likeness (QED) is 0.250. The monoisotopic (exact) mass is 562 g/mol. The third-order valence-electron chi connectivity index (χ3n) is 7.45. The molecular weight excluding hydrogens is 528 g/mol. The highest BCUT2D eigenvalue weighted by molar-refractivity contribution is 5.90. The fourth-order valence-corrected chi connectivity index (χ4v) is 5.20. The number of para-hydroxylation sites is 1. The number of rotatable bonds is 10. The molecule has 2 aromatic heterocycles. The zero-order valence-corrected chi connectivity index (χ0v) is 23.6. The smallest absolute Gasteiger partial charge is 0.224 e. The van der Waals surface area contributed by atoms with Gasteiger partial charge in [0, 0.05) is 42.6 Å². The molecule has 1 aliphatic heterocycles. The van der Waals surface area contributed by atoms with Crippen LogP contribution in [0.2, 0.25) is 0 Å². The number of anilines is 3.